The van der Waals surface area contributed by atoms with Crippen LogP contribution in [0.25, 0.3) is 0 Å². The standard InChI is InChI=1S/C12H14N2O2/c1-8(2)15-12-11(16-10-4-5-10)6-3-9(7-13)14-12/h3,6,8,10H,4-5H2,1-2H3. The van der Waals surface area contributed by atoms with Gasteiger partial charge in [-0.3, -0.25) is 0 Å². The van der Waals surface area contributed by atoms with Gasteiger partial charge < -0.3 is 9.47 Å². The van der Waals surface area contributed by atoms with E-state index >= 15 is 0 Å². The SMILES string of the molecule is CC(C)Oc1nc(C#N)ccc1OC1CC1. The first-order valence-electron chi connectivity index (χ1n) is 5.43. The molecule has 2 rings (SSSR count). The van der Waals surface area contributed by atoms with E-state index in [1.807, 2.05) is 19.9 Å². The molecule has 1 aliphatic rings. The number of nitrogens with zero attached hydrogens (tertiary/aromatic N) is 2. The minimum atomic E-state index is 0.0167. The third-order valence-corrected chi connectivity index (χ3v) is 2.11. The van der Waals surface area contributed by atoms with Crippen molar-refractivity contribution in [1.82, 2.24) is 4.98 Å². The van der Waals surface area contributed by atoms with Crippen LogP contribution >= 0.6 is 0 Å². The van der Waals surface area contributed by atoms with Gasteiger partial charge in [-0.25, -0.2) is 0 Å². The van der Waals surface area contributed by atoms with Crippen molar-refractivity contribution in [3.05, 3.63) is 17.8 Å². The Morgan fingerprint density at radius 1 is 1.44 bits per heavy atom. The molecule has 0 bridgehead atoms. The van der Waals surface area contributed by atoms with Crippen LogP contribution in [0.1, 0.15) is 32.4 Å². The average Bonchev–Trinajstić information content (AvgIpc) is 3.03. The molecule has 1 saturated carbocycles. The van der Waals surface area contributed by atoms with Crippen LogP contribution in [-0.2, 0) is 0 Å². The summed E-state index contributed by atoms with van der Waals surface area (Å²) in [6.07, 6.45) is 2.48. The van der Waals surface area contributed by atoms with Crippen molar-refractivity contribution in [1.29, 1.82) is 5.26 Å². The summed E-state index contributed by atoms with van der Waals surface area (Å²) in [6, 6.07) is 5.39. The number of hydrogen-bond donors (Lipinski definition) is 0. The summed E-state index contributed by atoms with van der Waals surface area (Å²) in [5, 5.41) is 8.77. The Morgan fingerprint density at radius 3 is 2.75 bits per heavy atom. The Bertz CT molecular complexity index is 420. The molecule has 1 aliphatic carbocycles. The molecule has 0 spiro atoms. The zero-order valence-corrected chi connectivity index (χ0v) is 9.43. The fourth-order valence-corrected chi connectivity index (χ4v) is 1.25. The van der Waals surface area contributed by atoms with E-state index in [2.05, 4.69) is 4.98 Å². The molecule has 0 radical (unpaired) electrons. The van der Waals surface area contributed by atoms with E-state index in [0.717, 1.165) is 12.8 Å². The predicted molar refractivity (Wildman–Crippen MR) is 58.4 cm³/mol. The molecular formula is C12H14N2O2. The van der Waals surface area contributed by atoms with E-state index in [9.17, 15) is 0 Å². The number of aromatic nitrogens is 1. The van der Waals surface area contributed by atoms with Crippen LogP contribution in [0.3, 0.4) is 0 Å². The maximum atomic E-state index is 8.77. The molecular weight excluding hydrogens is 204 g/mol. The molecule has 0 N–H and O–H groups in total. The fraction of sp³-hybridized carbons (Fsp3) is 0.500. The molecule has 1 aromatic rings. The highest BCUT2D eigenvalue weighted by atomic mass is 16.5. The van der Waals surface area contributed by atoms with Crippen LogP contribution in [0.5, 0.6) is 11.6 Å². The smallest absolute Gasteiger partial charge is 0.258 e. The molecule has 0 aliphatic heterocycles. The molecule has 1 aromatic heterocycles. The molecule has 84 valence electrons. The van der Waals surface area contributed by atoms with Crippen LogP contribution in [-0.4, -0.2) is 17.2 Å². The molecule has 4 nitrogen and oxygen atoms in total. The van der Waals surface area contributed by atoms with Gasteiger partial charge in [-0.2, -0.15) is 10.2 Å². The summed E-state index contributed by atoms with van der Waals surface area (Å²) in [4.78, 5) is 4.10. The van der Waals surface area contributed by atoms with E-state index < -0.39 is 0 Å². The van der Waals surface area contributed by atoms with Crippen molar-refractivity contribution in [2.75, 3.05) is 0 Å². The Morgan fingerprint density at radius 2 is 2.19 bits per heavy atom. The van der Waals surface area contributed by atoms with Crippen LogP contribution in [0.15, 0.2) is 12.1 Å². The number of nitriles is 1. The maximum absolute atomic E-state index is 8.77. The first-order valence-corrected chi connectivity index (χ1v) is 5.43. The molecule has 0 saturated heterocycles. The van der Waals surface area contributed by atoms with Crippen LogP contribution in [0.4, 0.5) is 0 Å². The Kier molecular flexibility index (Phi) is 2.95. The minimum absolute atomic E-state index is 0.0167. The minimum Gasteiger partial charge on any atom is -0.485 e. The summed E-state index contributed by atoms with van der Waals surface area (Å²) in [5.41, 5.74) is 0.346. The Balaban J connectivity index is 2.23. The first kappa shape index (κ1) is 10.7. The van der Waals surface area contributed by atoms with Gasteiger partial charge in [-0.05, 0) is 38.8 Å². The van der Waals surface area contributed by atoms with Gasteiger partial charge in [-0.15, -0.1) is 0 Å². The molecule has 1 fully saturated rings. The summed E-state index contributed by atoms with van der Waals surface area (Å²) in [5.74, 6) is 1.05. The molecule has 16 heavy (non-hydrogen) atoms. The zero-order valence-electron chi connectivity index (χ0n) is 9.43. The lowest BCUT2D eigenvalue weighted by atomic mass is 10.3. The van der Waals surface area contributed by atoms with Crippen molar-refractivity contribution >= 4 is 0 Å². The number of hydrogen-bond acceptors (Lipinski definition) is 4. The Hall–Kier alpha value is -1.76. The lowest BCUT2D eigenvalue weighted by molar-refractivity contribution is 0.208. The molecule has 4 heteroatoms. The number of ether oxygens (including phenoxy) is 2. The van der Waals surface area contributed by atoms with Crippen LogP contribution < -0.4 is 9.47 Å². The largest absolute Gasteiger partial charge is 0.485 e. The van der Waals surface area contributed by atoms with E-state index in [-0.39, 0.29) is 6.10 Å². The monoisotopic (exact) mass is 218 g/mol. The Labute approximate surface area is 94.8 Å². The maximum Gasteiger partial charge on any atom is 0.258 e. The third kappa shape index (κ3) is 2.63. The summed E-state index contributed by atoms with van der Waals surface area (Å²) in [6.45, 7) is 3.84. The quantitative estimate of drug-likeness (QED) is 0.778. The van der Waals surface area contributed by atoms with E-state index in [1.165, 1.54) is 0 Å². The van der Waals surface area contributed by atoms with Gasteiger partial charge in [0.25, 0.3) is 5.88 Å². The van der Waals surface area contributed by atoms with Gasteiger partial charge in [0.15, 0.2) is 5.75 Å². The average molecular weight is 218 g/mol. The van der Waals surface area contributed by atoms with Crippen molar-refractivity contribution in [2.24, 2.45) is 0 Å². The van der Waals surface area contributed by atoms with Crippen molar-refractivity contribution in [2.45, 2.75) is 38.9 Å². The second-order valence-corrected chi connectivity index (χ2v) is 4.10. The van der Waals surface area contributed by atoms with Gasteiger partial charge in [-0.1, -0.05) is 0 Å². The normalized spacial score (nSPS) is 14.6. The lowest BCUT2D eigenvalue weighted by Crippen LogP contribution is -2.09. The highest BCUT2D eigenvalue weighted by Gasteiger charge is 2.25. The number of pyridine rings is 1. The molecule has 0 unspecified atom stereocenters. The van der Waals surface area contributed by atoms with E-state index in [1.54, 1.807) is 12.1 Å². The second-order valence-electron chi connectivity index (χ2n) is 4.10. The second kappa shape index (κ2) is 4.40. The van der Waals surface area contributed by atoms with Gasteiger partial charge in [0, 0.05) is 0 Å². The van der Waals surface area contributed by atoms with Crippen molar-refractivity contribution in [3.8, 4) is 17.7 Å². The molecule has 0 atom stereocenters. The zero-order chi connectivity index (χ0) is 11.5. The molecule has 1 heterocycles. The van der Waals surface area contributed by atoms with Gasteiger partial charge >= 0.3 is 0 Å². The van der Waals surface area contributed by atoms with Crippen LogP contribution in [0, 0.1) is 11.3 Å². The fourth-order valence-electron chi connectivity index (χ4n) is 1.25. The third-order valence-electron chi connectivity index (χ3n) is 2.11. The summed E-state index contributed by atoms with van der Waals surface area (Å²) < 4.78 is 11.2. The molecule has 0 amide bonds. The first-order chi connectivity index (χ1) is 7.69. The highest BCUT2D eigenvalue weighted by Crippen LogP contribution is 2.32. The summed E-state index contributed by atoms with van der Waals surface area (Å²) >= 11 is 0. The van der Waals surface area contributed by atoms with E-state index in [0.29, 0.717) is 23.4 Å². The highest BCUT2D eigenvalue weighted by molar-refractivity contribution is 5.38. The van der Waals surface area contributed by atoms with Gasteiger partial charge in [0.2, 0.25) is 0 Å². The number of rotatable bonds is 4. The summed E-state index contributed by atoms with van der Waals surface area (Å²) in [7, 11) is 0. The lowest BCUT2D eigenvalue weighted by Gasteiger charge is -2.13. The van der Waals surface area contributed by atoms with E-state index in [4.69, 9.17) is 14.7 Å². The van der Waals surface area contributed by atoms with Crippen molar-refractivity contribution in [3.63, 3.8) is 0 Å². The van der Waals surface area contributed by atoms with Crippen LogP contribution in [0.2, 0.25) is 0 Å². The molecule has 0 aromatic carbocycles. The van der Waals surface area contributed by atoms with Crippen molar-refractivity contribution < 1.29 is 9.47 Å². The topological polar surface area (TPSA) is 55.1 Å². The van der Waals surface area contributed by atoms with Gasteiger partial charge in [0.05, 0.1) is 12.2 Å². The van der Waals surface area contributed by atoms with Gasteiger partial charge in [0.1, 0.15) is 11.8 Å². The predicted octanol–water partition coefficient (Wildman–Crippen LogP) is 2.28.